The van der Waals surface area contributed by atoms with Crippen LogP contribution in [0, 0.1) is 5.92 Å². The smallest absolute Gasteiger partial charge is 0.407 e. The van der Waals surface area contributed by atoms with Crippen LogP contribution in [0.25, 0.3) is 0 Å². The first kappa shape index (κ1) is 28.5. The molecule has 0 fully saturated rings. The minimum atomic E-state index is -1.86. The van der Waals surface area contributed by atoms with E-state index in [1.165, 1.54) is 0 Å². The van der Waals surface area contributed by atoms with E-state index in [2.05, 4.69) is 5.32 Å². The molecule has 9 nitrogen and oxygen atoms in total. The third-order valence-electron chi connectivity index (χ3n) is 3.56. The summed E-state index contributed by atoms with van der Waals surface area (Å²) in [5.41, 5.74) is 0. The summed E-state index contributed by atoms with van der Waals surface area (Å²) in [6.45, 7) is 5.11. The second-order valence-electron chi connectivity index (χ2n) is 6.89. The number of carbonyl (C=O) groups is 4. The maximum absolute atomic E-state index is 12.5. The zero-order chi connectivity index (χ0) is 23.3. The number of esters is 2. The second kappa shape index (κ2) is 14.5. The van der Waals surface area contributed by atoms with E-state index in [-0.39, 0.29) is 31.8 Å². The summed E-state index contributed by atoms with van der Waals surface area (Å²) < 4.78 is 12.9. The van der Waals surface area contributed by atoms with Crippen LogP contribution in [0.3, 0.4) is 0 Å². The molecule has 0 saturated carbocycles. The normalized spacial score (nSPS) is 13.3. The Bertz CT molecular complexity index is 580. The number of nitrogens with one attached hydrogen (secondary N) is 1. The fraction of sp³-hybridized carbons (Fsp3) is 0.778. The number of halogens is 3. The number of hydrogen-bond donors (Lipinski definition) is 2. The molecule has 0 aromatic heterocycles. The lowest BCUT2D eigenvalue weighted by Gasteiger charge is -2.21. The molecule has 0 unspecified atom stereocenters. The Hall–Kier alpha value is -1.45. The summed E-state index contributed by atoms with van der Waals surface area (Å²) in [5.74, 6) is -2.99. The van der Waals surface area contributed by atoms with E-state index < -0.39 is 46.5 Å². The van der Waals surface area contributed by atoms with Gasteiger partial charge in [-0.3, -0.25) is 4.79 Å². The molecule has 0 aliphatic rings. The molecular formula is C18H28Cl3NO8. The summed E-state index contributed by atoms with van der Waals surface area (Å²) in [5, 5.41) is 11.4. The van der Waals surface area contributed by atoms with Gasteiger partial charge in [0.2, 0.25) is 3.79 Å². The maximum atomic E-state index is 12.5. The van der Waals surface area contributed by atoms with Gasteiger partial charge in [0, 0.05) is 6.42 Å². The van der Waals surface area contributed by atoms with Crippen molar-refractivity contribution in [2.24, 2.45) is 5.92 Å². The Morgan fingerprint density at radius 2 is 1.73 bits per heavy atom. The SMILES string of the molecule is CCCCOC(=O)CC[C@H](NC(=O)OCC(Cl)(Cl)Cl)C(=O)O[C@H](CC(C)C)C(=O)O. The number of alkyl carbamates (subject to hydrolysis) is 1. The van der Waals surface area contributed by atoms with Crippen molar-refractivity contribution in [3.05, 3.63) is 0 Å². The van der Waals surface area contributed by atoms with Crippen LogP contribution in [0.1, 0.15) is 52.9 Å². The first-order valence-electron chi connectivity index (χ1n) is 9.44. The van der Waals surface area contributed by atoms with Crippen LogP contribution in [0.4, 0.5) is 4.79 Å². The Kier molecular flexibility index (Phi) is 13.8. The fourth-order valence-electron chi connectivity index (χ4n) is 2.09. The number of amides is 1. The highest BCUT2D eigenvalue weighted by Gasteiger charge is 2.31. The number of hydrogen-bond acceptors (Lipinski definition) is 7. The molecule has 174 valence electrons. The number of aliphatic carboxylic acids is 1. The number of unbranched alkanes of at least 4 members (excludes halogenated alkanes) is 1. The Morgan fingerprint density at radius 3 is 2.23 bits per heavy atom. The maximum Gasteiger partial charge on any atom is 0.407 e. The predicted octanol–water partition coefficient (Wildman–Crippen LogP) is 3.62. The minimum absolute atomic E-state index is 0.0619. The van der Waals surface area contributed by atoms with Gasteiger partial charge in [0.15, 0.2) is 6.10 Å². The van der Waals surface area contributed by atoms with Gasteiger partial charge >= 0.3 is 24.0 Å². The molecule has 0 aliphatic carbocycles. The summed E-state index contributed by atoms with van der Waals surface area (Å²) >= 11 is 16.5. The number of alkyl halides is 3. The van der Waals surface area contributed by atoms with Crippen molar-refractivity contribution in [3.63, 3.8) is 0 Å². The van der Waals surface area contributed by atoms with Crippen LogP contribution in [0.5, 0.6) is 0 Å². The third kappa shape index (κ3) is 14.5. The van der Waals surface area contributed by atoms with Crippen molar-refractivity contribution in [3.8, 4) is 0 Å². The number of rotatable bonds is 13. The topological polar surface area (TPSA) is 128 Å². The summed E-state index contributed by atoms with van der Waals surface area (Å²) in [6.07, 6.45) is -1.31. The molecule has 1 amide bonds. The van der Waals surface area contributed by atoms with E-state index in [1.807, 2.05) is 6.92 Å². The van der Waals surface area contributed by atoms with Crippen molar-refractivity contribution in [2.75, 3.05) is 13.2 Å². The molecule has 0 aromatic rings. The first-order valence-corrected chi connectivity index (χ1v) is 10.6. The molecule has 0 spiro atoms. The zero-order valence-electron chi connectivity index (χ0n) is 17.1. The molecule has 2 atom stereocenters. The zero-order valence-corrected chi connectivity index (χ0v) is 19.4. The molecule has 0 bridgehead atoms. The lowest BCUT2D eigenvalue weighted by atomic mass is 10.1. The highest BCUT2D eigenvalue weighted by molar-refractivity contribution is 6.67. The predicted molar refractivity (Wildman–Crippen MR) is 111 cm³/mol. The van der Waals surface area contributed by atoms with Crippen molar-refractivity contribution in [1.29, 1.82) is 0 Å². The number of carboxylic acids is 1. The molecule has 30 heavy (non-hydrogen) atoms. The van der Waals surface area contributed by atoms with Crippen molar-refractivity contribution < 1.29 is 38.5 Å². The molecule has 0 saturated heterocycles. The van der Waals surface area contributed by atoms with Gasteiger partial charge in [0.25, 0.3) is 0 Å². The molecule has 0 aromatic carbocycles. The van der Waals surface area contributed by atoms with Crippen LogP contribution >= 0.6 is 34.8 Å². The van der Waals surface area contributed by atoms with E-state index in [1.54, 1.807) is 13.8 Å². The van der Waals surface area contributed by atoms with Gasteiger partial charge in [-0.15, -0.1) is 0 Å². The van der Waals surface area contributed by atoms with E-state index in [0.717, 1.165) is 6.42 Å². The van der Waals surface area contributed by atoms with Gasteiger partial charge in [-0.25, -0.2) is 14.4 Å². The average Bonchev–Trinajstić information content (AvgIpc) is 2.61. The molecule has 0 rings (SSSR count). The van der Waals surface area contributed by atoms with Crippen molar-refractivity contribution in [2.45, 2.75) is 68.8 Å². The van der Waals surface area contributed by atoms with Crippen LogP contribution in [0.15, 0.2) is 0 Å². The van der Waals surface area contributed by atoms with Crippen molar-refractivity contribution >= 4 is 58.8 Å². The number of carboxylic acid groups (broad SMARTS) is 1. The quantitative estimate of drug-likeness (QED) is 0.173. The van der Waals surface area contributed by atoms with Gasteiger partial charge in [-0.05, 0) is 25.2 Å². The second-order valence-corrected chi connectivity index (χ2v) is 9.41. The molecule has 12 heteroatoms. The fourth-order valence-corrected chi connectivity index (χ4v) is 2.26. The summed E-state index contributed by atoms with van der Waals surface area (Å²) in [4.78, 5) is 47.5. The van der Waals surface area contributed by atoms with Crippen LogP contribution < -0.4 is 5.32 Å². The molecule has 0 radical (unpaired) electrons. The number of carbonyl (C=O) groups excluding carboxylic acids is 3. The van der Waals surface area contributed by atoms with Gasteiger partial charge in [-0.1, -0.05) is 62.0 Å². The standard InChI is InChI=1S/C18H28Cl3NO8/c1-4-5-8-28-14(23)7-6-12(22-17(27)29-10-18(19,20)21)16(26)30-13(15(24)25)9-11(2)3/h11-13H,4-10H2,1-3H3,(H,22,27)(H,24,25)/t12-,13+/m0/s1. The van der Waals surface area contributed by atoms with Gasteiger partial charge in [-0.2, -0.15) is 0 Å². The van der Waals surface area contributed by atoms with Gasteiger partial charge < -0.3 is 24.6 Å². The van der Waals surface area contributed by atoms with Gasteiger partial charge in [0.1, 0.15) is 12.6 Å². The highest BCUT2D eigenvalue weighted by atomic mass is 35.6. The number of ether oxygens (including phenoxy) is 3. The molecular weight excluding hydrogens is 465 g/mol. The highest BCUT2D eigenvalue weighted by Crippen LogP contribution is 2.25. The van der Waals surface area contributed by atoms with Crippen LogP contribution in [-0.4, -0.2) is 58.3 Å². The minimum Gasteiger partial charge on any atom is -0.479 e. The van der Waals surface area contributed by atoms with E-state index >= 15 is 0 Å². The Labute approximate surface area is 190 Å². The third-order valence-corrected chi connectivity index (χ3v) is 3.89. The largest absolute Gasteiger partial charge is 0.479 e. The first-order chi connectivity index (χ1) is 13.9. The van der Waals surface area contributed by atoms with E-state index in [0.29, 0.717) is 6.42 Å². The molecule has 0 aliphatic heterocycles. The van der Waals surface area contributed by atoms with Crippen LogP contribution in [0.2, 0.25) is 0 Å². The van der Waals surface area contributed by atoms with E-state index in [4.69, 9.17) is 49.0 Å². The van der Waals surface area contributed by atoms with Gasteiger partial charge in [0.05, 0.1) is 6.61 Å². The lowest BCUT2D eigenvalue weighted by Crippen LogP contribution is -2.45. The Morgan fingerprint density at radius 1 is 1.10 bits per heavy atom. The summed E-state index contributed by atoms with van der Waals surface area (Å²) in [6, 6.07) is -1.36. The van der Waals surface area contributed by atoms with Crippen molar-refractivity contribution in [1.82, 2.24) is 5.32 Å². The molecule has 0 heterocycles. The average molecular weight is 493 g/mol. The summed E-state index contributed by atoms with van der Waals surface area (Å²) in [7, 11) is 0. The monoisotopic (exact) mass is 491 g/mol. The lowest BCUT2D eigenvalue weighted by molar-refractivity contribution is -0.166. The Balaban J connectivity index is 5.05. The molecule has 2 N–H and O–H groups in total. The van der Waals surface area contributed by atoms with Crippen LogP contribution in [-0.2, 0) is 28.6 Å². The van der Waals surface area contributed by atoms with E-state index in [9.17, 15) is 24.3 Å².